The highest BCUT2D eigenvalue weighted by Gasteiger charge is 2.19. The average Bonchev–Trinajstić information content (AvgIpc) is 2.58. The number of morpholine rings is 1. The minimum Gasteiger partial charge on any atom is -0.379 e. The van der Waals surface area contributed by atoms with Crippen LogP contribution in [0.5, 0.6) is 0 Å². The lowest BCUT2D eigenvalue weighted by Crippen LogP contribution is -2.48. The highest BCUT2D eigenvalue weighted by atomic mass is 16.5. The van der Waals surface area contributed by atoms with E-state index in [1.807, 2.05) is 30.3 Å². The summed E-state index contributed by atoms with van der Waals surface area (Å²) in [6, 6.07) is 10.2. The summed E-state index contributed by atoms with van der Waals surface area (Å²) in [6.45, 7) is 8.41. The quantitative estimate of drug-likeness (QED) is 0.828. The zero-order chi connectivity index (χ0) is 15.8. The van der Waals surface area contributed by atoms with E-state index in [0.29, 0.717) is 19.2 Å². The van der Waals surface area contributed by atoms with Gasteiger partial charge in [0.2, 0.25) is 5.91 Å². The molecule has 0 bridgehead atoms. The highest BCUT2D eigenvalue weighted by molar-refractivity contribution is 5.80. The first-order chi connectivity index (χ1) is 10.7. The van der Waals surface area contributed by atoms with Gasteiger partial charge < -0.3 is 14.8 Å². The van der Waals surface area contributed by atoms with Gasteiger partial charge in [-0.15, -0.1) is 0 Å². The van der Waals surface area contributed by atoms with E-state index >= 15 is 0 Å². The molecule has 1 amide bonds. The Kier molecular flexibility index (Phi) is 6.83. The number of amides is 1. The van der Waals surface area contributed by atoms with Crippen molar-refractivity contribution in [1.82, 2.24) is 10.2 Å². The summed E-state index contributed by atoms with van der Waals surface area (Å²) in [6.07, 6.45) is -0.447. The van der Waals surface area contributed by atoms with Gasteiger partial charge in [0.25, 0.3) is 0 Å². The molecular weight excluding hydrogens is 280 g/mol. The van der Waals surface area contributed by atoms with Crippen molar-refractivity contribution in [2.45, 2.75) is 32.6 Å². The Hall–Kier alpha value is -1.43. The Balaban J connectivity index is 1.67. The van der Waals surface area contributed by atoms with Gasteiger partial charge in [0.15, 0.2) is 0 Å². The largest absolute Gasteiger partial charge is 0.379 e. The second kappa shape index (κ2) is 8.88. The lowest BCUT2D eigenvalue weighted by molar-refractivity contribution is -0.132. The third-order valence-corrected chi connectivity index (χ3v) is 3.95. The van der Waals surface area contributed by atoms with Crippen molar-refractivity contribution < 1.29 is 14.3 Å². The van der Waals surface area contributed by atoms with E-state index in [4.69, 9.17) is 9.47 Å². The zero-order valence-electron chi connectivity index (χ0n) is 13.5. The smallest absolute Gasteiger partial charge is 0.248 e. The van der Waals surface area contributed by atoms with Crippen molar-refractivity contribution in [3.05, 3.63) is 35.9 Å². The van der Waals surface area contributed by atoms with E-state index in [1.54, 1.807) is 6.92 Å². The van der Waals surface area contributed by atoms with Crippen LogP contribution < -0.4 is 5.32 Å². The molecule has 1 aliphatic rings. The number of carbonyl (C=O) groups excluding carboxylic acids is 1. The molecule has 0 aromatic heterocycles. The minimum absolute atomic E-state index is 0.0592. The molecule has 0 unspecified atom stereocenters. The second-order valence-electron chi connectivity index (χ2n) is 5.68. The number of hydrogen-bond donors (Lipinski definition) is 1. The van der Waals surface area contributed by atoms with Gasteiger partial charge in [-0.05, 0) is 19.4 Å². The van der Waals surface area contributed by atoms with E-state index in [9.17, 15) is 4.79 Å². The van der Waals surface area contributed by atoms with Crippen molar-refractivity contribution in [2.24, 2.45) is 0 Å². The maximum atomic E-state index is 12.1. The van der Waals surface area contributed by atoms with Gasteiger partial charge in [-0.1, -0.05) is 30.3 Å². The fourth-order valence-electron chi connectivity index (χ4n) is 2.41. The Morgan fingerprint density at radius 2 is 1.95 bits per heavy atom. The Labute approximate surface area is 132 Å². The predicted octanol–water partition coefficient (Wildman–Crippen LogP) is 1.43. The summed E-state index contributed by atoms with van der Waals surface area (Å²) in [5.74, 6) is -0.0592. The molecule has 1 fully saturated rings. The number of hydrogen-bond acceptors (Lipinski definition) is 4. The van der Waals surface area contributed by atoms with Gasteiger partial charge in [0, 0.05) is 25.7 Å². The molecule has 1 aliphatic heterocycles. The van der Waals surface area contributed by atoms with Gasteiger partial charge in [0.05, 0.1) is 19.8 Å². The molecule has 1 aromatic rings. The van der Waals surface area contributed by atoms with E-state index < -0.39 is 6.10 Å². The lowest BCUT2D eigenvalue weighted by atomic mass is 10.2. The summed E-state index contributed by atoms with van der Waals surface area (Å²) in [5.41, 5.74) is 1.07. The SMILES string of the molecule is C[C@H](OCc1ccccc1)C(=O)NC[C@H](C)N1CCOCC1. The Bertz CT molecular complexity index is 446. The van der Waals surface area contributed by atoms with Crippen LogP contribution in [0.25, 0.3) is 0 Å². The summed E-state index contributed by atoms with van der Waals surface area (Å²) < 4.78 is 11.0. The topological polar surface area (TPSA) is 50.8 Å². The molecule has 2 rings (SSSR count). The van der Waals surface area contributed by atoms with E-state index in [0.717, 1.165) is 31.9 Å². The van der Waals surface area contributed by atoms with Gasteiger partial charge in [-0.3, -0.25) is 9.69 Å². The molecule has 0 spiro atoms. The van der Waals surface area contributed by atoms with Crippen molar-refractivity contribution in [3.8, 4) is 0 Å². The number of nitrogens with one attached hydrogen (secondary N) is 1. The molecule has 1 saturated heterocycles. The average molecular weight is 306 g/mol. The molecule has 0 saturated carbocycles. The van der Waals surface area contributed by atoms with Crippen LogP contribution in [-0.2, 0) is 20.9 Å². The van der Waals surface area contributed by atoms with Crippen molar-refractivity contribution in [1.29, 1.82) is 0 Å². The van der Waals surface area contributed by atoms with Crippen molar-refractivity contribution in [2.75, 3.05) is 32.8 Å². The van der Waals surface area contributed by atoms with Crippen LogP contribution in [0.3, 0.4) is 0 Å². The van der Waals surface area contributed by atoms with Crippen LogP contribution in [-0.4, -0.2) is 55.8 Å². The minimum atomic E-state index is -0.447. The maximum Gasteiger partial charge on any atom is 0.248 e. The Morgan fingerprint density at radius 1 is 1.27 bits per heavy atom. The number of benzene rings is 1. The molecule has 1 aromatic carbocycles. The molecule has 0 radical (unpaired) electrons. The first-order valence-corrected chi connectivity index (χ1v) is 7.92. The molecule has 22 heavy (non-hydrogen) atoms. The van der Waals surface area contributed by atoms with Gasteiger partial charge in [0.1, 0.15) is 6.10 Å². The molecule has 1 heterocycles. The van der Waals surface area contributed by atoms with Gasteiger partial charge >= 0.3 is 0 Å². The van der Waals surface area contributed by atoms with Crippen LogP contribution in [0.4, 0.5) is 0 Å². The molecule has 2 atom stereocenters. The lowest BCUT2D eigenvalue weighted by Gasteiger charge is -2.32. The monoisotopic (exact) mass is 306 g/mol. The van der Waals surface area contributed by atoms with E-state index in [2.05, 4.69) is 17.1 Å². The molecular formula is C17H26N2O3. The first kappa shape index (κ1) is 16.9. The highest BCUT2D eigenvalue weighted by Crippen LogP contribution is 2.05. The van der Waals surface area contributed by atoms with Crippen LogP contribution in [0.15, 0.2) is 30.3 Å². The third kappa shape index (κ3) is 5.40. The van der Waals surface area contributed by atoms with Crippen LogP contribution in [0, 0.1) is 0 Å². The predicted molar refractivity (Wildman–Crippen MR) is 85.6 cm³/mol. The summed E-state index contributed by atoms with van der Waals surface area (Å²) in [7, 11) is 0. The number of carbonyl (C=O) groups is 1. The number of nitrogens with zero attached hydrogens (tertiary/aromatic N) is 1. The van der Waals surface area contributed by atoms with Crippen molar-refractivity contribution >= 4 is 5.91 Å². The van der Waals surface area contributed by atoms with Gasteiger partial charge in [-0.2, -0.15) is 0 Å². The zero-order valence-corrected chi connectivity index (χ0v) is 13.5. The molecule has 5 heteroatoms. The fraction of sp³-hybridized carbons (Fsp3) is 0.588. The van der Waals surface area contributed by atoms with Crippen LogP contribution >= 0.6 is 0 Å². The second-order valence-corrected chi connectivity index (χ2v) is 5.68. The van der Waals surface area contributed by atoms with E-state index in [-0.39, 0.29) is 5.91 Å². The fourth-order valence-corrected chi connectivity index (χ4v) is 2.41. The molecule has 122 valence electrons. The van der Waals surface area contributed by atoms with Crippen LogP contribution in [0.1, 0.15) is 19.4 Å². The molecule has 0 aliphatic carbocycles. The summed E-state index contributed by atoms with van der Waals surface area (Å²) >= 11 is 0. The summed E-state index contributed by atoms with van der Waals surface area (Å²) in [4.78, 5) is 14.4. The first-order valence-electron chi connectivity index (χ1n) is 7.92. The molecule has 1 N–H and O–H groups in total. The number of ether oxygens (including phenoxy) is 2. The van der Waals surface area contributed by atoms with Gasteiger partial charge in [-0.25, -0.2) is 0 Å². The maximum absolute atomic E-state index is 12.1. The normalized spacial score (nSPS) is 18.6. The Morgan fingerprint density at radius 3 is 2.64 bits per heavy atom. The van der Waals surface area contributed by atoms with Crippen LogP contribution in [0.2, 0.25) is 0 Å². The number of rotatable bonds is 7. The summed E-state index contributed by atoms with van der Waals surface area (Å²) in [5, 5.41) is 2.97. The third-order valence-electron chi connectivity index (χ3n) is 3.95. The van der Waals surface area contributed by atoms with Crippen molar-refractivity contribution in [3.63, 3.8) is 0 Å². The van der Waals surface area contributed by atoms with E-state index in [1.165, 1.54) is 0 Å². The molecule has 5 nitrogen and oxygen atoms in total. The standard InChI is InChI=1S/C17H26N2O3/c1-14(19-8-10-21-11-9-19)12-18-17(20)15(2)22-13-16-6-4-3-5-7-16/h3-7,14-15H,8-13H2,1-2H3,(H,18,20)/t14-,15-/m0/s1.